The van der Waals surface area contributed by atoms with E-state index in [-0.39, 0.29) is 22.9 Å². The van der Waals surface area contributed by atoms with Crippen molar-refractivity contribution in [1.82, 2.24) is 0 Å². The van der Waals surface area contributed by atoms with Crippen LogP contribution in [0, 0.1) is 0 Å². The molecule has 2 nitrogen and oxygen atoms in total. The van der Waals surface area contributed by atoms with Gasteiger partial charge in [-0.05, 0) is 47.4 Å². The fraction of sp³-hybridized carbons (Fsp3) is 0.483. The predicted molar refractivity (Wildman–Crippen MR) is 134 cm³/mol. The van der Waals surface area contributed by atoms with Gasteiger partial charge in [-0.2, -0.15) is 0 Å². The summed E-state index contributed by atoms with van der Waals surface area (Å²) in [4.78, 5) is 5.20. The zero-order valence-corrected chi connectivity index (χ0v) is 21.1. The topological polar surface area (TPSA) is 21.6 Å². The van der Waals surface area contributed by atoms with E-state index in [0.29, 0.717) is 0 Å². The van der Waals surface area contributed by atoms with Crippen molar-refractivity contribution in [3.8, 4) is 5.75 Å². The van der Waals surface area contributed by atoms with Crippen molar-refractivity contribution in [1.29, 1.82) is 0 Å². The van der Waals surface area contributed by atoms with Crippen LogP contribution in [0.5, 0.6) is 5.75 Å². The molecule has 1 aliphatic carbocycles. The van der Waals surface area contributed by atoms with Crippen LogP contribution in [0.4, 0.5) is 5.69 Å². The van der Waals surface area contributed by atoms with E-state index in [0.717, 1.165) is 17.1 Å². The highest BCUT2D eigenvalue weighted by molar-refractivity contribution is 6.10. The molecule has 1 aliphatic heterocycles. The van der Waals surface area contributed by atoms with Crippen LogP contribution < -0.4 is 4.74 Å². The first-order valence-electron chi connectivity index (χ1n) is 11.7. The molecule has 0 fully saturated rings. The third-order valence-electron chi connectivity index (χ3n) is 6.40. The molecule has 0 unspecified atom stereocenters. The lowest BCUT2D eigenvalue weighted by Gasteiger charge is -2.34. The lowest BCUT2D eigenvalue weighted by molar-refractivity contribution is 0.243. The van der Waals surface area contributed by atoms with Gasteiger partial charge in [0.2, 0.25) is 0 Å². The minimum atomic E-state index is -0.0495. The third kappa shape index (κ3) is 4.22. The summed E-state index contributed by atoms with van der Waals surface area (Å²) in [6.45, 7) is 22.0. The number of hydrogen-bond acceptors (Lipinski definition) is 2. The largest absolute Gasteiger partial charge is 0.481 e. The second kappa shape index (κ2) is 8.30. The fourth-order valence-corrected chi connectivity index (χ4v) is 4.46. The lowest BCUT2D eigenvalue weighted by Crippen LogP contribution is -2.33. The first kappa shape index (κ1) is 23.3. The highest BCUT2D eigenvalue weighted by Crippen LogP contribution is 2.50. The first-order valence-corrected chi connectivity index (χ1v) is 11.7. The van der Waals surface area contributed by atoms with Gasteiger partial charge in [0.25, 0.3) is 0 Å². The Morgan fingerprint density at radius 3 is 2.00 bits per heavy atom. The summed E-state index contributed by atoms with van der Waals surface area (Å²) in [6, 6.07) is 15.3. The molecule has 2 heteroatoms. The number of fused-ring (bicyclic) bond motifs is 2. The molecule has 166 valence electrons. The average molecular weight is 418 g/mol. The zero-order chi connectivity index (χ0) is 23.1. The van der Waals surface area contributed by atoms with Crippen molar-refractivity contribution >= 4 is 11.4 Å². The molecule has 2 aliphatic rings. The van der Waals surface area contributed by atoms with Crippen LogP contribution in [-0.4, -0.2) is 11.8 Å². The predicted octanol–water partition coefficient (Wildman–Crippen LogP) is 8.28. The summed E-state index contributed by atoms with van der Waals surface area (Å²) in [5.74, 6) is 1.18. The normalized spacial score (nSPS) is 20.3. The second-order valence-electron chi connectivity index (χ2n) is 10.6. The van der Waals surface area contributed by atoms with Gasteiger partial charge in [0.1, 0.15) is 11.4 Å². The van der Waals surface area contributed by atoms with Crippen LogP contribution >= 0.6 is 0 Å². The summed E-state index contributed by atoms with van der Waals surface area (Å²) in [7, 11) is 0. The van der Waals surface area contributed by atoms with Gasteiger partial charge in [0.15, 0.2) is 6.10 Å². The Morgan fingerprint density at radius 2 is 1.45 bits per heavy atom. The van der Waals surface area contributed by atoms with Gasteiger partial charge in [-0.1, -0.05) is 97.4 Å². The van der Waals surface area contributed by atoms with E-state index in [1.54, 1.807) is 0 Å². The van der Waals surface area contributed by atoms with Crippen LogP contribution in [0.15, 0.2) is 58.6 Å². The summed E-state index contributed by atoms with van der Waals surface area (Å²) < 4.78 is 6.82. The van der Waals surface area contributed by atoms with Crippen molar-refractivity contribution in [2.24, 2.45) is 4.99 Å². The fourth-order valence-electron chi connectivity index (χ4n) is 4.46. The molecule has 0 saturated heterocycles. The van der Waals surface area contributed by atoms with E-state index in [1.165, 1.54) is 27.8 Å². The minimum absolute atomic E-state index is 0.0171. The lowest BCUT2D eigenvalue weighted by atomic mass is 9.79. The molecule has 0 radical (unpaired) electrons. The maximum absolute atomic E-state index is 6.82. The van der Waals surface area contributed by atoms with Crippen molar-refractivity contribution in [2.45, 2.75) is 92.1 Å². The smallest absolute Gasteiger partial charge is 0.151 e. The van der Waals surface area contributed by atoms with E-state index >= 15 is 0 Å². The summed E-state index contributed by atoms with van der Waals surface area (Å²) >= 11 is 0. The Kier molecular flexibility index (Phi) is 6.24. The van der Waals surface area contributed by atoms with Gasteiger partial charge in [-0.15, -0.1) is 0 Å². The van der Waals surface area contributed by atoms with Crippen molar-refractivity contribution < 1.29 is 4.74 Å². The second-order valence-corrected chi connectivity index (χ2v) is 10.6. The van der Waals surface area contributed by atoms with Gasteiger partial charge in [0, 0.05) is 11.5 Å². The third-order valence-corrected chi connectivity index (χ3v) is 6.40. The molecule has 4 rings (SSSR count). The molecule has 2 atom stereocenters. The number of hydrogen-bond donors (Lipinski definition) is 0. The Labute approximate surface area is 189 Å². The molecule has 1 heterocycles. The SMILES string of the molecule is CC.CC1=C(C)[C@H](c2ccccc2)[C@H]2Oc3c(cc(C(C)(C)C)cc3C(C)(C)C)N=C12. The molecule has 2 aromatic rings. The molecule has 0 amide bonds. The standard InChI is InChI=1S/C27H33NO.C2H6/c1-16-17(2)23-25(22(16)18-12-10-9-11-13-18)29-24-20(27(6,7)8)14-19(26(3,4)5)15-21(24)28-23;1-2/h9-15,22,25H,1-8H3;1-2H3/t22-,25-;/m1./s1. The molecule has 0 bridgehead atoms. The Hall–Kier alpha value is -2.35. The van der Waals surface area contributed by atoms with Gasteiger partial charge in [-0.3, -0.25) is 0 Å². The number of nitrogens with zero attached hydrogens (tertiary/aromatic N) is 1. The van der Waals surface area contributed by atoms with Crippen molar-refractivity contribution in [3.05, 3.63) is 70.3 Å². The highest BCUT2D eigenvalue weighted by atomic mass is 16.5. The maximum atomic E-state index is 6.82. The van der Waals surface area contributed by atoms with Gasteiger partial charge in [-0.25, -0.2) is 4.99 Å². The number of benzene rings is 2. The molecule has 0 aromatic heterocycles. The summed E-state index contributed by atoms with van der Waals surface area (Å²) in [6.07, 6.45) is -0.0495. The van der Waals surface area contributed by atoms with E-state index in [1.807, 2.05) is 13.8 Å². The minimum Gasteiger partial charge on any atom is -0.481 e. The molecular weight excluding hydrogens is 378 g/mol. The Morgan fingerprint density at radius 1 is 0.839 bits per heavy atom. The van der Waals surface area contributed by atoms with E-state index in [9.17, 15) is 0 Å². The molecule has 2 aromatic carbocycles. The molecule has 31 heavy (non-hydrogen) atoms. The molecule has 0 spiro atoms. The number of aliphatic imine (C=N–C) groups is 1. The highest BCUT2D eigenvalue weighted by Gasteiger charge is 2.42. The molecular formula is C29H39NO. The monoisotopic (exact) mass is 417 g/mol. The molecule has 0 N–H and O–H groups in total. The van der Waals surface area contributed by atoms with E-state index in [2.05, 4.69) is 97.9 Å². The van der Waals surface area contributed by atoms with E-state index < -0.39 is 0 Å². The molecule has 0 saturated carbocycles. The van der Waals surface area contributed by atoms with Crippen LogP contribution in [0.1, 0.15) is 91.8 Å². The van der Waals surface area contributed by atoms with Crippen LogP contribution in [0.2, 0.25) is 0 Å². The number of ether oxygens (including phenoxy) is 1. The van der Waals surface area contributed by atoms with Crippen LogP contribution in [0.25, 0.3) is 0 Å². The van der Waals surface area contributed by atoms with Crippen LogP contribution in [-0.2, 0) is 10.8 Å². The van der Waals surface area contributed by atoms with Gasteiger partial charge in [0.05, 0.1) is 5.71 Å². The van der Waals surface area contributed by atoms with Crippen molar-refractivity contribution in [2.75, 3.05) is 0 Å². The Bertz CT molecular complexity index is 1010. The zero-order valence-electron chi connectivity index (χ0n) is 21.1. The number of rotatable bonds is 1. The van der Waals surface area contributed by atoms with E-state index in [4.69, 9.17) is 9.73 Å². The quantitative estimate of drug-likeness (QED) is 0.457. The maximum Gasteiger partial charge on any atom is 0.151 e. The van der Waals surface area contributed by atoms with Crippen LogP contribution in [0.3, 0.4) is 0 Å². The Balaban J connectivity index is 0.00000132. The summed E-state index contributed by atoms with van der Waals surface area (Å²) in [5, 5.41) is 0. The van der Waals surface area contributed by atoms with Gasteiger partial charge >= 0.3 is 0 Å². The van der Waals surface area contributed by atoms with Crippen molar-refractivity contribution in [3.63, 3.8) is 0 Å². The first-order chi connectivity index (χ1) is 14.5. The average Bonchev–Trinajstić information content (AvgIpc) is 2.96. The van der Waals surface area contributed by atoms with Gasteiger partial charge < -0.3 is 4.74 Å². The summed E-state index contributed by atoms with van der Waals surface area (Å²) in [5.41, 5.74) is 8.61.